The fraction of sp³-hybridized carbons (Fsp3) is 0.846. The van der Waals surface area contributed by atoms with Crippen molar-refractivity contribution < 1.29 is 14.3 Å². The lowest BCUT2D eigenvalue weighted by molar-refractivity contribution is -0.130. The van der Waals surface area contributed by atoms with Crippen molar-refractivity contribution in [1.82, 2.24) is 5.32 Å². The zero-order valence-electron chi connectivity index (χ0n) is 11.6. The first-order chi connectivity index (χ1) is 9.01. The molecule has 0 aromatic carbocycles. The van der Waals surface area contributed by atoms with E-state index in [4.69, 9.17) is 16.2 Å². The lowest BCUT2D eigenvalue weighted by Gasteiger charge is -2.32. The first-order valence-corrected chi connectivity index (χ1v) is 7.03. The van der Waals surface area contributed by atoms with Crippen LogP contribution < -0.4 is 16.8 Å². The molecule has 2 rings (SSSR count). The highest BCUT2D eigenvalue weighted by Gasteiger charge is 2.36. The molecule has 2 fully saturated rings. The third-order valence-corrected chi connectivity index (χ3v) is 4.11. The second-order valence-electron chi connectivity index (χ2n) is 5.65. The van der Waals surface area contributed by atoms with Gasteiger partial charge in [-0.1, -0.05) is 19.3 Å². The summed E-state index contributed by atoms with van der Waals surface area (Å²) in [4.78, 5) is 23.1. The van der Waals surface area contributed by atoms with E-state index in [1.165, 1.54) is 0 Å². The Hall–Kier alpha value is -0.850. The molecular formula is C13H24ClN3O3. The molecule has 20 heavy (non-hydrogen) atoms. The monoisotopic (exact) mass is 305 g/mol. The van der Waals surface area contributed by atoms with Gasteiger partial charge in [-0.25, -0.2) is 0 Å². The van der Waals surface area contributed by atoms with Gasteiger partial charge < -0.3 is 21.5 Å². The SMILES string of the molecule is Cl.NC(=O)C1CCC(CNC(=O)C2(N)CCCCC2)O1. The Balaban J connectivity index is 0.00000200. The van der Waals surface area contributed by atoms with Gasteiger partial charge in [-0.3, -0.25) is 9.59 Å². The van der Waals surface area contributed by atoms with Crippen molar-refractivity contribution >= 4 is 24.2 Å². The highest BCUT2D eigenvalue weighted by molar-refractivity contribution is 5.86. The van der Waals surface area contributed by atoms with E-state index in [2.05, 4.69) is 5.32 Å². The van der Waals surface area contributed by atoms with Gasteiger partial charge in [0.1, 0.15) is 6.10 Å². The molecular weight excluding hydrogens is 282 g/mol. The third-order valence-electron chi connectivity index (χ3n) is 4.11. The van der Waals surface area contributed by atoms with Gasteiger partial charge in [0.25, 0.3) is 0 Å². The van der Waals surface area contributed by atoms with Crippen molar-refractivity contribution in [3.63, 3.8) is 0 Å². The van der Waals surface area contributed by atoms with Gasteiger partial charge >= 0.3 is 0 Å². The quantitative estimate of drug-likeness (QED) is 0.690. The fourth-order valence-corrected chi connectivity index (χ4v) is 2.86. The smallest absolute Gasteiger partial charge is 0.246 e. The van der Waals surface area contributed by atoms with E-state index in [1.807, 2.05) is 0 Å². The summed E-state index contributed by atoms with van der Waals surface area (Å²) in [6.45, 7) is 0.404. The summed E-state index contributed by atoms with van der Waals surface area (Å²) in [6, 6.07) is 0. The Morgan fingerprint density at radius 3 is 2.40 bits per heavy atom. The lowest BCUT2D eigenvalue weighted by atomic mass is 9.82. The van der Waals surface area contributed by atoms with E-state index in [0.717, 1.165) is 38.5 Å². The summed E-state index contributed by atoms with van der Waals surface area (Å²) in [5, 5.41) is 2.85. The van der Waals surface area contributed by atoms with Crippen LogP contribution in [-0.4, -0.2) is 36.1 Å². The number of hydrogen-bond acceptors (Lipinski definition) is 4. The molecule has 7 heteroatoms. The van der Waals surface area contributed by atoms with Crippen molar-refractivity contribution in [3.8, 4) is 0 Å². The average Bonchev–Trinajstić information content (AvgIpc) is 2.85. The third kappa shape index (κ3) is 4.07. The van der Waals surface area contributed by atoms with Crippen molar-refractivity contribution in [2.45, 2.75) is 62.7 Å². The van der Waals surface area contributed by atoms with E-state index < -0.39 is 17.6 Å². The Labute approximate surface area is 125 Å². The molecule has 0 aromatic heterocycles. The molecule has 2 amide bonds. The number of amides is 2. The molecule has 2 atom stereocenters. The predicted octanol–water partition coefficient (Wildman–Crippen LogP) is 0.219. The molecule has 1 saturated carbocycles. The van der Waals surface area contributed by atoms with E-state index in [0.29, 0.717) is 13.0 Å². The maximum Gasteiger partial charge on any atom is 0.246 e. The minimum atomic E-state index is -0.722. The van der Waals surface area contributed by atoms with Crippen LogP contribution in [0.4, 0.5) is 0 Å². The zero-order valence-corrected chi connectivity index (χ0v) is 12.4. The van der Waals surface area contributed by atoms with E-state index >= 15 is 0 Å². The van der Waals surface area contributed by atoms with Crippen LogP contribution in [0.25, 0.3) is 0 Å². The lowest BCUT2D eigenvalue weighted by Crippen LogP contribution is -2.56. The fourth-order valence-electron chi connectivity index (χ4n) is 2.86. The van der Waals surface area contributed by atoms with Crippen molar-refractivity contribution in [1.29, 1.82) is 0 Å². The Kier molecular flexibility index (Phi) is 6.23. The largest absolute Gasteiger partial charge is 0.367 e. The summed E-state index contributed by atoms with van der Waals surface area (Å²) < 4.78 is 5.46. The molecule has 0 bridgehead atoms. The number of carbonyl (C=O) groups excluding carboxylic acids is 2. The number of hydrogen-bond donors (Lipinski definition) is 3. The highest BCUT2D eigenvalue weighted by Crippen LogP contribution is 2.26. The van der Waals surface area contributed by atoms with Crippen LogP contribution in [0.3, 0.4) is 0 Å². The minimum absolute atomic E-state index is 0. The maximum absolute atomic E-state index is 12.1. The molecule has 2 unspecified atom stereocenters. The molecule has 2 aliphatic rings. The van der Waals surface area contributed by atoms with Gasteiger partial charge in [0, 0.05) is 6.54 Å². The van der Waals surface area contributed by atoms with Crippen LogP contribution in [0.5, 0.6) is 0 Å². The predicted molar refractivity (Wildman–Crippen MR) is 77.4 cm³/mol. The first kappa shape index (κ1) is 17.2. The summed E-state index contributed by atoms with van der Waals surface area (Å²) in [6.07, 6.45) is 5.38. The number of carbonyl (C=O) groups is 2. The molecule has 1 saturated heterocycles. The second kappa shape index (κ2) is 7.24. The Morgan fingerprint density at radius 2 is 1.85 bits per heavy atom. The van der Waals surface area contributed by atoms with Crippen LogP contribution in [0.1, 0.15) is 44.9 Å². The van der Waals surface area contributed by atoms with Gasteiger partial charge in [-0.15, -0.1) is 12.4 Å². The average molecular weight is 306 g/mol. The normalized spacial score (nSPS) is 28.4. The highest BCUT2D eigenvalue weighted by atomic mass is 35.5. The van der Waals surface area contributed by atoms with Gasteiger partial charge in [-0.2, -0.15) is 0 Å². The summed E-state index contributed by atoms with van der Waals surface area (Å²) in [5.74, 6) is -0.533. The van der Waals surface area contributed by atoms with Crippen LogP contribution in [0.2, 0.25) is 0 Å². The van der Waals surface area contributed by atoms with Crippen LogP contribution >= 0.6 is 12.4 Å². The molecule has 6 nitrogen and oxygen atoms in total. The summed E-state index contributed by atoms with van der Waals surface area (Å²) in [7, 11) is 0. The first-order valence-electron chi connectivity index (χ1n) is 7.03. The van der Waals surface area contributed by atoms with Crippen LogP contribution in [0.15, 0.2) is 0 Å². The number of nitrogens with one attached hydrogen (secondary N) is 1. The number of rotatable bonds is 4. The minimum Gasteiger partial charge on any atom is -0.367 e. The van der Waals surface area contributed by atoms with E-state index in [9.17, 15) is 9.59 Å². The molecule has 0 radical (unpaired) electrons. The van der Waals surface area contributed by atoms with Gasteiger partial charge in [0.2, 0.25) is 11.8 Å². The molecule has 5 N–H and O–H groups in total. The Morgan fingerprint density at radius 1 is 1.20 bits per heavy atom. The van der Waals surface area contributed by atoms with Gasteiger partial charge in [-0.05, 0) is 25.7 Å². The number of halogens is 1. The zero-order chi connectivity index (χ0) is 13.9. The molecule has 1 aliphatic heterocycles. The summed E-state index contributed by atoms with van der Waals surface area (Å²) >= 11 is 0. The van der Waals surface area contributed by atoms with E-state index in [1.54, 1.807) is 0 Å². The standard InChI is InChI=1S/C13H23N3O3.ClH/c14-11(17)10-5-4-9(19-10)8-16-12(18)13(15)6-2-1-3-7-13;/h9-10H,1-8,15H2,(H2,14,17)(H,16,18);1H. The van der Waals surface area contributed by atoms with Crippen molar-refractivity contribution in [3.05, 3.63) is 0 Å². The van der Waals surface area contributed by atoms with Crippen molar-refractivity contribution in [2.75, 3.05) is 6.54 Å². The number of primary amides is 1. The number of ether oxygens (including phenoxy) is 1. The maximum atomic E-state index is 12.1. The number of nitrogens with two attached hydrogens (primary N) is 2. The molecule has 0 spiro atoms. The molecule has 1 heterocycles. The van der Waals surface area contributed by atoms with E-state index in [-0.39, 0.29) is 24.4 Å². The topological polar surface area (TPSA) is 107 Å². The Bertz CT molecular complexity index is 359. The van der Waals surface area contributed by atoms with Gasteiger partial charge in [0.15, 0.2) is 0 Å². The van der Waals surface area contributed by atoms with Crippen LogP contribution in [-0.2, 0) is 14.3 Å². The van der Waals surface area contributed by atoms with Gasteiger partial charge in [0.05, 0.1) is 11.6 Å². The second-order valence-corrected chi connectivity index (χ2v) is 5.65. The molecule has 116 valence electrons. The summed E-state index contributed by atoms with van der Waals surface area (Å²) in [5.41, 5.74) is 10.6. The molecule has 0 aromatic rings. The van der Waals surface area contributed by atoms with Crippen molar-refractivity contribution in [2.24, 2.45) is 11.5 Å². The molecule has 1 aliphatic carbocycles. The van der Waals surface area contributed by atoms with Crippen LogP contribution in [0, 0.1) is 0 Å².